The number of hydrogen-bond donors (Lipinski definition) is 1. The summed E-state index contributed by atoms with van der Waals surface area (Å²) in [7, 11) is 3.31. The molecule has 1 N–H and O–H groups in total. The van der Waals surface area contributed by atoms with Crippen molar-refractivity contribution in [1.29, 1.82) is 0 Å². The van der Waals surface area contributed by atoms with Crippen LogP contribution in [0.25, 0.3) is 10.9 Å². The molecule has 7 heteroatoms. The number of hydrogen-bond acceptors (Lipinski definition) is 7. The van der Waals surface area contributed by atoms with Gasteiger partial charge in [0.15, 0.2) is 6.29 Å². The van der Waals surface area contributed by atoms with Gasteiger partial charge in [-0.2, -0.15) is 0 Å². The molecule has 1 fully saturated rings. The molecule has 3 heterocycles. The number of aryl methyl sites for hydroxylation is 1. The molecule has 7 nitrogen and oxygen atoms in total. The maximum Gasteiger partial charge on any atom is 0.213 e. The van der Waals surface area contributed by atoms with Crippen molar-refractivity contribution in [3.05, 3.63) is 59.9 Å². The minimum atomic E-state index is -0.157. The fourth-order valence-electron chi connectivity index (χ4n) is 3.73. The Labute approximate surface area is 182 Å². The zero-order valence-electron chi connectivity index (χ0n) is 18.0. The van der Waals surface area contributed by atoms with Crippen LogP contribution in [0.5, 0.6) is 11.6 Å². The summed E-state index contributed by atoms with van der Waals surface area (Å²) >= 11 is 0. The molecule has 1 aromatic carbocycles. The summed E-state index contributed by atoms with van der Waals surface area (Å²) < 4.78 is 22.4. The Balaban J connectivity index is 1.21. The molecule has 0 amide bonds. The van der Waals surface area contributed by atoms with Crippen LogP contribution in [-0.2, 0) is 22.4 Å². The number of nitrogens with zero attached hydrogens (tertiary/aromatic N) is 2. The fourth-order valence-corrected chi connectivity index (χ4v) is 3.73. The van der Waals surface area contributed by atoms with E-state index in [0.717, 1.165) is 41.6 Å². The lowest BCUT2D eigenvalue weighted by Gasteiger charge is -2.30. The maximum atomic E-state index is 5.92. The highest BCUT2D eigenvalue weighted by atomic mass is 16.7. The normalized spacial score (nSPS) is 18.8. The Morgan fingerprint density at radius 1 is 1.06 bits per heavy atom. The standard InChI is InChI=1S/C24H29N3O4/c1-28-20-9-10-22-21(13-20)17(11-12-25-22)5-3-8-24-30-15-19(16-31-24)26-14-18-6-4-7-23(27-18)29-2/h4,6-7,9-13,19,24,26H,3,5,8,14-16H2,1-2H3/t19-,24-. The average Bonchev–Trinajstić information content (AvgIpc) is 2.83. The second-order valence-corrected chi connectivity index (χ2v) is 7.59. The van der Waals surface area contributed by atoms with E-state index in [1.807, 2.05) is 36.5 Å². The van der Waals surface area contributed by atoms with E-state index in [1.165, 1.54) is 5.56 Å². The van der Waals surface area contributed by atoms with Gasteiger partial charge in [-0.1, -0.05) is 6.07 Å². The minimum absolute atomic E-state index is 0.154. The number of ether oxygens (including phenoxy) is 4. The van der Waals surface area contributed by atoms with Gasteiger partial charge >= 0.3 is 0 Å². The summed E-state index contributed by atoms with van der Waals surface area (Å²) in [6, 6.07) is 14.0. The lowest BCUT2D eigenvalue weighted by Crippen LogP contribution is -2.44. The first kappa shape index (κ1) is 21.5. The zero-order valence-corrected chi connectivity index (χ0v) is 18.0. The van der Waals surface area contributed by atoms with E-state index >= 15 is 0 Å². The van der Waals surface area contributed by atoms with Crippen LogP contribution in [0.1, 0.15) is 24.1 Å². The molecule has 0 unspecified atom stereocenters. The van der Waals surface area contributed by atoms with Crippen molar-refractivity contribution < 1.29 is 18.9 Å². The lowest BCUT2D eigenvalue weighted by molar-refractivity contribution is -0.192. The predicted molar refractivity (Wildman–Crippen MR) is 118 cm³/mol. The van der Waals surface area contributed by atoms with Crippen LogP contribution in [0.3, 0.4) is 0 Å². The summed E-state index contributed by atoms with van der Waals surface area (Å²) in [5.41, 5.74) is 3.19. The Morgan fingerprint density at radius 2 is 1.94 bits per heavy atom. The largest absolute Gasteiger partial charge is 0.497 e. The molecule has 0 aliphatic carbocycles. The highest BCUT2D eigenvalue weighted by molar-refractivity contribution is 5.83. The number of rotatable bonds is 9. The third-order valence-corrected chi connectivity index (χ3v) is 5.45. The molecular formula is C24H29N3O4. The Bertz CT molecular complexity index is 989. The van der Waals surface area contributed by atoms with Crippen LogP contribution in [0.15, 0.2) is 48.7 Å². The smallest absolute Gasteiger partial charge is 0.213 e. The molecule has 0 saturated carbocycles. The Morgan fingerprint density at radius 3 is 2.74 bits per heavy atom. The summed E-state index contributed by atoms with van der Waals surface area (Å²) in [5.74, 6) is 1.47. The first-order valence-corrected chi connectivity index (χ1v) is 10.6. The summed E-state index contributed by atoms with van der Waals surface area (Å²) in [6.45, 7) is 1.91. The number of fused-ring (bicyclic) bond motifs is 1. The van der Waals surface area contributed by atoms with Crippen LogP contribution >= 0.6 is 0 Å². The van der Waals surface area contributed by atoms with Crippen molar-refractivity contribution in [1.82, 2.24) is 15.3 Å². The Kier molecular flexibility index (Phi) is 7.30. The maximum absolute atomic E-state index is 5.92. The van der Waals surface area contributed by atoms with Gasteiger partial charge in [-0.25, -0.2) is 4.98 Å². The lowest BCUT2D eigenvalue weighted by atomic mass is 10.0. The second-order valence-electron chi connectivity index (χ2n) is 7.59. The number of benzene rings is 1. The van der Waals surface area contributed by atoms with Crippen molar-refractivity contribution in [3.8, 4) is 11.6 Å². The molecule has 31 heavy (non-hydrogen) atoms. The van der Waals surface area contributed by atoms with Gasteiger partial charge in [0.05, 0.1) is 44.7 Å². The number of nitrogens with one attached hydrogen (secondary N) is 1. The van der Waals surface area contributed by atoms with Gasteiger partial charge in [0.1, 0.15) is 5.75 Å². The molecule has 0 bridgehead atoms. The SMILES string of the molecule is COc1ccc2nccc(CCC[C@H]3OC[C@H](NCc4cccc(OC)n4)CO3)c2c1. The molecule has 1 aliphatic heterocycles. The Hall–Kier alpha value is -2.74. The van der Waals surface area contributed by atoms with E-state index in [4.69, 9.17) is 18.9 Å². The van der Waals surface area contributed by atoms with Gasteiger partial charge in [0.2, 0.25) is 5.88 Å². The zero-order chi connectivity index (χ0) is 21.5. The first-order chi connectivity index (χ1) is 15.2. The fraction of sp³-hybridized carbons (Fsp3) is 0.417. The van der Waals surface area contributed by atoms with E-state index < -0.39 is 0 Å². The van der Waals surface area contributed by atoms with Gasteiger partial charge in [0.25, 0.3) is 0 Å². The van der Waals surface area contributed by atoms with E-state index in [2.05, 4.69) is 27.4 Å². The van der Waals surface area contributed by atoms with Crippen LogP contribution in [0, 0.1) is 0 Å². The predicted octanol–water partition coefficient (Wildman–Crippen LogP) is 3.50. The number of pyridine rings is 2. The molecule has 0 radical (unpaired) electrons. The van der Waals surface area contributed by atoms with Crippen molar-refractivity contribution in [2.75, 3.05) is 27.4 Å². The molecule has 164 valence electrons. The average molecular weight is 424 g/mol. The van der Waals surface area contributed by atoms with Crippen LogP contribution in [0.2, 0.25) is 0 Å². The molecule has 3 aromatic rings. The number of aromatic nitrogens is 2. The van der Waals surface area contributed by atoms with Gasteiger partial charge in [-0.3, -0.25) is 4.98 Å². The molecular weight excluding hydrogens is 394 g/mol. The summed E-state index contributed by atoms with van der Waals surface area (Å²) in [5, 5.41) is 4.58. The quantitative estimate of drug-likeness (QED) is 0.565. The van der Waals surface area contributed by atoms with Crippen molar-refractivity contribution in [2.24, 2.45) is 0 Å². The van der Waals surface area contributed by atoms with E-state index in [9.17, 15) is 0 Å². The molecule has 2 aromatic heterocycles. The van der Waals surface area contributed by atoms with Crippen molar-refractivity contribution in [3.63, 3.8) is 0 Å². The van der Waals surface area contributed by atoms with Crippen molar-refractivity contribution >= 4 is 10.9 Å². The second kappa shape index (κ2) is 10.5. The third kappa shape index (κ3) is 5.70. The van der Waals surface area contributed by atoms with E-state index in [0.29, 0.717) is 25.6 Å². The highest BCUT2D eigenvalue weighted by Crippen LogP contribution is 2.24. The monoisotopic (exact) mass is 423 g/mol. The molecule has 4 rings (SSSR count). The van der Waals surface area contributed by atoms with Gasteiger partial charge in [-0.05, 0) is 55.2 Å². The van der Waals surface area contributed by atoms with Crippen LogP contribution < -0.4 is 14.8 Å². The molecule has 1 aliphatic rings. The van der Waals surface area contributed by atoms with E-state index in [1.54, 1.807) is 14.2 Å². The van der Waals surface area contributed by atoms with Crippen molar-refractivity contribution in [2.45, 2.75) is 38.1 Å². The third-order valence-electron chi connectivity index (χ3n) is 5.45. The van der Waals surface area contributed by atoms with Gasteiger partial charge in [0, 0.05) is 24.2 Å². The van der Waals surface area contributed by atoms with Crippen LogP contribution in [0.4, 0.5) is 0 Å². The van der Waals surface area contributed by atoms with Crippen LogP contribution in [-0.4, -0.2) is 49.7 Å². The number of methoxy groups -OCH3 is 2. The molecule has 0 spiro atoms. The summed E-state index contributed by atoms with van der Waals surface area (Å²) in [4.78, 5) is 8.86. The first-order valence-electron chi connectivity index (χ1n) is 10.6. The van der Waals surface area contributed by atoms with Gasteiger partial charge < -0.3 is 24.3 Å². The summed E-state index contributed by atoms with van der Waals surface area (Å²) in [6.07, 6.45) is 4.49. The van der Waals surface area contributed by atoms with Gasteiger partial charge in [-0.15, -0.1) is 0 Å². The minimum Gasteiger partial charge on any atom is -0.497 e. The topological polar surface area (TPSA) is 74.7 Å². The molecule has 0 atom stereocenters. The highest BCUT2D eigenvalue weighted by Gasteiger charge is 2.21. The van der Waals surface area contributed by atoms with E-state index in [-0.39, 0.29) is 12.3 Å². The molecule has 1 saturated heterocycles.